The Balaban J connectivity index is 1.59. The summed E-state index contributed by atoms with van der Waals surface area (Å²) in [6.07, 6.45) is 3.24. The third kappa shape index (κ3) is 7.34. The zero-order chi connectivity index (χ0) is 18.7. The number of ether oxygens (including phenoxy) is 2. The molecule has 146 valence electrons. The number of guanidine groups is 1. The minimum Gasteiger partial charge on any atom is -0.381 e. The molecule has 1 aromatic rings. The number of rotatable bonds is 9. The number of nitrogens with one attached hydrogen (secondary N) is 2. The van der Waals surface area contributed by atoms with E-state index in [-0.39, 0.29) is 5.41 Å². The maximum absolute atomic E-state index is 5.80. The van der Waals surface area contributed by atoms with Crippen LogP contribution in [0.5, 0.6) is 0 Å². The first kappa shape index (κ1) is 20.7. The van der Waals surface area contributed by atoms with Gasteiger partial charge in [-0.1, -0.05) is 44.2 Å². The van der Waals surface area contributed by atoms with Crippen LogP contribution in [0.2, 0.25) is 0 Å². The van der Waals surface area contributed by atoms with Crippen molar-refractivity contribution in [3.8, 4) is 0 Å². The van der Waals surface area contributed by atoms with Gasteiger partial charge < -0.3 is 20.1 Å². The largest absolute Gasteiger partial charge is 0.381 e. The van der Waals surface area contributed by atoms with Gasteiger partial charge in [0.1, 0.15) is 0 Å². The first-order valence-electron chi connectivity index (χ1n) is 9.77. The lowest BCUT2D eigenvalue weighted by molar-refractivity contribution is 0.0203. The van der Waals surface area contributed by atoms with Crippen molar-refractivity contribution in [2.75, 3.05) is 46.6 Å². The number of nitrogens with zero attached hydrogens (tertiary/aromatic N) is 1. The van der Waals surface area contributed by atoms with Crippen molar-refractivity contribution < 1.29 is 9.47 Å². The predicted molar refractivity (Wildman–Crippen MR) is 108 cm³/mol. The van der Waals surface area contributed by atoms with Crippen molar-refractivity contribution in [3.05, 3.63) is 35.9 Å². The molecule has 1 heterocycles. The topological polar surface area (TPSA) is 54.9 Å². The second-order valence-corrected chi connectivity index (χ2v) is 7.59. The lowest BCUT2D eigenvalue weighted by Crippen LogP contribution is -2.43. The van der Waals surface area contributed by atoms with Gasteiger partial charge in [-0.2, -0.15) is 0 Å². The Kier molecular flexibility index (Phi) is 8.92. The summed E-state index contributed by atoms with van der Waals surface area (Å²) < 4.78 is 11.2. The fourth-order valence-electron chi connectivity index (χ4n) is 3.06. The van der Waals surface area contributed by atoms with Crippen LogP contribution >= 0.6 is 0 Å². The van der Waals surface area contributed by atoms with Gasteiger partial charge >= 0.3 is 0 Å². The number of hydrogen-bond donors (Lipinski definition) is 2. The van der Waals surface area contributed by atoms with Gasteiger partial charge in [0.05, 0.1) is 0 Å². The average Bonchev–Trinajstić information content (AvgIpc) is 2.68. The molecule has 1 fully saturated rings. The fourth-order valence-corrected chi connectivity index (χ4v) is 3.06. The minimum absolute atomic E-state index is 0.0473. The lowest BCUT2D eigenvalue weighted by Gasteiger charge is -2.26. The molecule has 2 N–H and O–H groups in total. The van der Waals surface area contributed by atoms with E-state index >= 15 is 0 Å². The van der Waals surface area contributed by atoms with Gasteiger partial charge in [-0.3, -0.25) is 4.99 Å². The first-order chi connectivity index (χ1) is 12.6. The molecule has 1 aliphatic heterocycles. The van der Waals surface area contributed by atoms with Gasteiger partial charge in [-0.25, -0.2) is 0 Å². The van der Waals surface area contributed by atoms with Crippen LogP contribution in [-0.2, 0) is 14.9 Å². The second kappa shape index (κ2) is 11.2. The van der Waals surface area contributed by atoms with Crippen molar-refractivity contribution >= 4 is 5.96 Å². The highest BCUT2D eigenvalue weighted by molar-refractivity contribution is 5.79. The van der Waals surface area contributed by atoms with Crippen LogP contribution in [0.3, 0.4) is 0 Å². The molecule has 0 amide bonds. The summed E-state index contributed by atoms with van der Waals surface area (Å²) in [6.45, 7) is 9.60. The normalized spacial score (nSPS) is 16.5. The van der Waals surface area contributed by atoms with Crippen LogP contribution in [0.25, 0.3) is 0 Å². The van der Waals surface area contributed by atoms with Crippen LogP contribution < -0.4 is 10.6 Å². The third-order valence-corrected chi connectivity index (χ3v) is 4.93. The molecule has 0 radical (unpaired) electrons. The van der Waals surface area contributed by atoms with Crippen LogP contribution in [-0.4, -0.2) is 52.5 Å². The van der Waals surface area contributed by atoms with Gasteiger partial charge in [0, 0.05) is 52.0 Å². The second-order valence-electron chi connectivity index (χ2n) is 7.59. The molecule has 0 unspecified atom stereocenters. The summed E-state index contributed by atoms with van der Waals surface area (Å²) >= 11 is 0. The first-order valence-corrected chi connectivity index (χ1v) is 9.77. The standard InChI is InChI=1S/C21H35N3O2/c1-21(2,19-8-5-4-6-9-19)17-24-20(22-3)23-12-7-13-26-16-18-10-14-25-15-11-18/h4-6,8-9,18H,7,10-17H2,1-3H3,(H2,22,23,24). The molecule has 0 aliphatic carbocycles. The molecular weight excluding hydrogens is 326 g/mol. The molecule has 5 nitrogen and oxygen atoms in total. The van der Waals surface area contributed by atoms with Crippen molar-refractivity contribution in [1.29, 1.82) is 0 Å². The molecule has 0 spiro atoms. The Morgan fingerprint density at radius 1 is 1.19 bits per heavy atom. The highest BCUT2D eigenvalue weighted by Crippen LogP contribution is 2.21. The van der Waals surface area contributed by atoms with E-state index in [9.17, 15) is 0 Å². The van der Waals surface area contributed by atoms with E-state index in [1.54, 1.807) is 0 Å². The monoisotopic (exact) mass is 361 g/mol. The van der Waals surface area contributed by atoms with Crippen LogP contribution in [0.15, 0.2) is 35.3 Å². The quantitative estimate of drug-likeness (QED) is 0.403. The summed E-state index contributed by atoms with van der Waals surface area (Å²) in [5.74, 6) is 1.52. The van der Waals surface area contributed by atoms with E-state index < -0.39 is 0 Å². The molecule has 1 saturated heterocycles. The van der Waals surface area contributed by atoms with E-state index in [4.69, 9.17) is 9.47 Å². The number of benzene rings is 1. The van der Waals surface area contributed by atoms with Crippen molar-refractivity contribution in [2.45, 2.75) is 38.5 Å². The summed E-state index contributed by atoms with van der Waals surface area (Å²) in [5, 5.41) is 6.81. The van der Waals surface area contributed by atoms with Gasteiger partial charge in [0.25, 0.3) is 0 Å². The molecule has 0 bridgehead atoms. The summed E-state index contributed by atoms with van der Waals surface area (Å²) in [6, 6.07) is 10.6. The average molecular weight is 362 g/mol. The molecule has 2 rings (SSSR count). The molecule has 0 saturated carbocycles. The van der Waals surface area contributed by atoms with Crippen LogP contribution in [0.4, 0.5) is 0 Å². The molecule has 1 aliphatic rings. The smallest absolute Gasteiger partial charge is 0.191 e. The van der Waals surface area contributed by atoms with Gasteiger partial charge in [-0.05, 0) is 30.7 Å². The maximum atomic E-state index is 5.80. The van der Waals surface area contributed by atoms with Gasteiger partial charge in [0.2, 0.25) is 0 Å². The Bertz CT molecular complexity index is 525. The molecule has 0 atom stereocenters. The predicted octanol–water partition coefficient (Wildman–Crippen LogP) is 2.96. The van der Waals surface area contributed by atoms with E-state index in [0.717, 1.165) is 64.7 Å². The van der Waals surface area contributed by atoms with Gasteiger partial charge in [0.15, 0.2) is 5.96 Å². The Hall–Kier alpha value is -1.59. The zero-order valence-electron chi connectivity index (χ0n) is 16.6. The Labute approximate surface area is 158 Å². The molecule has 5 heteroatoms. The highest BCUT2D eigenvalue weighted by Gasteiger charge is 2.20. The van der Waals surface area contributed by atoms with Crippen molar-refractivity contribution in [2.24, 2.45) is 10.9 Å². The van der Waals surface area contributed by atoms with E-state index in [2.05, 4.69) is 59.8 Å². The van der Waals surface area contributed by atoms with Crippen molar-refractivity contribution in [1.82, 2.24) is 10.6 Å². The van der Waals surface area contributed by atoms with Crippen LogP contribution in [0, 0.1) is 5.92 Å². The fraction of sp³-hybridized carbons (Fsp3) is 0.667. The Morgan fingerprint density at radius 3 is 2.62 bits per heavy atom. The number of aliphatic imine (C=N–C) groups is 1. The SMILES string of the molecule is CN=C(NCCCOCC1CCOCC1)NCC(C)(C)c1ccccc1. The molecule has 26 heavy (non-hydrogen) atoms. The minimum atomic E-state index is 0.0473. The zero-order valence-corrected chi connectivity index (χ0v) is 16.6. The maximum Gasteiger partial charge on any atom is 0.191 e. The Morgan fingerprint density at radius 2 is 1.92 bits per heavy atom. The summed E-state index contributed by atoms with van der Waals surface area (Å²) in [4.78, 5) is 4.32. The summed E-state index contributed by atoms with van der Waals surface area (Å²) in [7, 11) is 1.81. The molecule has 1 aromatic carbocycles. The van der Waals surface area contributed by atoms with E-state index in [1.807, 2.05) is 7.05 Å². The van der Waals surface area contributed by atoms with E-state index in [0.29, 0.717) is 5.92 Å². The summed E-state index contributed by atoms with van der Waals surface area (Å²) in [5.41, 5.74) is 1.37. The van der Waals surface area contributed by atoms with Gasteiger partial charge in [-0.15, -0.1) is 0 Å². The number of hydrogen-bond acceptors (Lipinski definition) is 3. The third-order valence-electron chi connectivity index (χ3n) is 4.93. The van der Waals surface area contributed by atoms with Crippen LogP contribution in [0.1, 0.15) is 38.7 Å². The van der Waals surface area contributed by atoms with E-state index in [1.165, 1.54) is 5.56 Å². The molecule has 0 aromatic heterocycles. The molecular formula is C21H35N3O2. The highest BCUT2D eigenvalue weighted by atomic mass is 16.5. The lowest BCUT2D eigenvalue weighted by atomic mass is 9.85. The van der Waals surface area contributed by atoms with Crippen molar-refractivity contribution in [3.63, 3.8) is 0 Å².